The number of hydrogen-bond acceptors (Lipinski definition) is 6. The number of ether oxygens (including phenoxy) is 2. The number of methoxy groups -OCH3 is 1. The van der Waals surface area contributed by atoms with Gasteiger partial charge in [0, 0.05) is 36.2 Å². The van der Waals surface area contributed by atoms with Crippen molar-refractivity contribution >= 4 is 28.6 Å². The van der Waals surface area contributed by atoms with E-state index in [1.807, 2.05) is 36.4 Å². The highest BCUT2D eigenvalue weighted by atomic mass is 32.2. The van der Waals surface area contributed by atoms with Crippen LogP contribution in [0.15, 0.2) is 78.0 Å². The predicted octanol–water partition coefficient (Wildman–Crippen LogP) is 7.17. The van der Waals surface area contributed by atoms with E-state index in [0.717, 1.165) is 46.8 Å². The molecule has 9 nitrogen and oxygen atoms in total. The summed E-state index contributed by atoms with van der Waals surface area (Å²) < 4.78 is 48.1. The smallest absolute Gasteiger partial charge is 0.497 e. The summed E-state index contributed by atoms with van der Waals surface area (Å²) in [6.45, 7) is 5.32. The highest BCUT2D eigenvalue weighted by molar-refractivity contribution is 8.14. The minimum absolute atomic E-state index is 0.283. The number of amidine groups is 1. The number of halogens is 3. The minimum atomic E-state index is -4.75. The molecule has 5 rings (SSSR count). The lowest BCUT2D eigenvalue weighted by molar-refractivity contribution is -0.274. The third kappa shape index (κ3) is 7.70. The molecule has 1 fully saturated rings. The van der Waals surface area contributed by atoms with Gasteiger partial charge in [-0.05, 0) is 53.8 Å². The summed E-state index contributed by atoms with van der Waals surface area (Å²) in [6, 6.07) is 18.3. The van der Waals surface area contributed by atoms with E-state index in [0.29, 0.717) is 16.7 Å². The number of urea groups is 1. The topological polar surface area (TPSA) is 93.9 Å². The lowest BCUT2D eigenvalue weighted by atomic mass is 10.00. The van der Waals surface area contributed by atoms with E-state index in [2.05, 4.69) is 49.9 Å². The van der Waals surface area contributed by atoms with Gasteiger partial charge in [-0.25, -0.2) is 14.5 Å². The van der Waals surface area contributed by atoms with Crippen LogP contribution in [-0.2, 0) is 6.54 Å². The average molecular weight is 625 g/mol. The van der Waals surface area contributed by atoms with Gasteiger partial charge < -0.3 is 19.7 Å². The Balaban J connectivity index is 1.22. The van der Waals surface area contributed by atoms with Crippen LogP contribution in [0.2, 0.25) is 0 Å². The van der Waals surface area contributed by atoms with E-state index in [4.69, 9.17) is 4.74 Å². The molecule has 2 heterocycles. The second-order valence-electron chi connectivity index (χ2n) is 10.2. The summed E-state index contributed by atoms with van der Waals surface area (Å²) in [4.78, 5) is 23.7. The molecule has 2 amide bonds. The van der Waals surface area contributed by atoms with Crippen LogP contribution in [0, 0.1) is 0 Å². The number of hydrogen-bond donors (Lipinski definition) is 1. The highest BCUT2D eigenvalue weighted by Crippen LogP contribution is 2.35. The lowest BCUT2D eigenvalue weighted by Gasteiger charge is -2.32. The maximum absolute atomic E-state index is 12.9. The molecule has 0 radical (unpaired) electrons. The normalized spacial score (nSPS) is 14.6. The average Bonchev–Trinajstić information content (AvgIpc) is 3.50. The van der Waals surface area contributed by atoms with Crippen LogP contribution in [0.3, 0.4) is 0 Å². The summed E-state index contributed by atoms with van der Waals surface area (Å²) in [6.07, 6.45) is -2.30. The third-order valence-corrected chi connectivity index (χ3v) is 7.88. The fourth-order valence-corrected chi connectivity index (χ4v) is 5.59. The maximum atomic E-state index is 12.9. The zero-order valence-electron chi connectivity index (χ0n) is 24.3. The molecule has 0 aliphatic carbocycles. The second-order valence-corrected chi connectivity index (χ2v) is 11.3. The molecule has 1 saturated heterocycles. The molecule has 3 aromatic carbocycles. The molecule has 0 atom stereocenters. The zero-order chi connectivity index (χ0) is 31.3. The Morgan fingerprint density at radius 3 is 2.48 bits per heavy atom. The van der Waals surface area contributed by atoms with Crippen molar-refractivity contribution in [2.24, 2.45) is 4.99 Å². The van der Waals surface area contributed by atoms with Gasteiger partial charge in [0.15, 0.2) is 11.0 Å². The van der Waals surface area contributed by atoms with Crippen LogP contribution in [0.4, 0.5) is 23.7 Å². The molecular formula is C31H31F3N6O3S. The van der Waals surface area contributed by atoms with E-state index in [9.17, 15) is 18.0 Å². The molecule has 1 N–H and O–H groups in total. The van der Waals surface area contributed by atoms with Gasteiger partial charge in [0.2, 0.25) is 0 Å². The van der Waals surface area contributed by atoms with Gasteiger partial charge in [-0.15, -0.1) is 18.3 Å². The van der Waals surface area contributed by atoms with E-state index in [-0.39, 0.29) is 18.2 Å². The van der Waals surface area contributed by atoms with Crippen molar-refractivity contribution in [1.82, 2.24) is 20.1 Å². The Labute approximate surface area is 257 Å². The summed E-state index contributed by atoms with van der Waals surface area (Å²) >= 11 is 1.56. The van der Waals surface area contributed by atoms with Crippen molar-refractivity contribution < 1.29 is 27.4 Å². The molecule has 4 aromatic rings. The molecule has 1 aliphatic rings. The number of carbonyl (C=O) groups excluding carboxylic acids is 1. The van der Waals surface area contributed by atoms with Crippen LogP contribution in [0.25, 0.3) is 17.1 Å². The number of alkyl halides is 3. The lowest BCUT2D eigenvalue weighted by Crippen LogP contribution is -2.36. The molecule has 0 unspecified atom stereocenters. The molecule has 0 bridgehead atoms. The molecule has 44 heavy (non-hydrogen) atoms. The minimum Gasteiger partial charge on any atom is -0.497 e. The van der Waals surface area contributed by atoms with Crippen molar-refractivity contribution in [3.63, 3.8) is 0 Å². The maximum Gasteiger partial charge on any atom is 0.573 e. The zero-order valence-corrected chi connectivity index (χ0v) is 25.2. The number of amides is 2. The van der Waals surface area contributed by atoms with E-state index >= 15 is 0 Å². The molecular weight excluding hydrogens is 593 g/mol. The quantitative estimate of drug-likeness (QED) is 0.222. The Bertz CT molecular complexity index is 1620. The molecule has 1 aliphatic heterocycles. The monoisotopic (exact) mass is 624 g/mol. The SMILES string of the molecule is COc1ccc(C(C)C)c(N2CCCSC2=NC(=O)NCc2ccc(-c3ncn(-c4ccc(OC(F)(F)F)cc4)n3)cc2)c1. The molecule has 0 spiro atoms. The largest absolute Gasteiger partial charge is 0.573 e. The number of benzene rings is 3. The third-order valence-electron chi connectivity index (χ3n) is 6.82. The number of rotatable bonds is 8. The molecule has 0 saturated carbocycles. The Morgan fingerprint density at radius 1 is 1.07 bits per heavy atom. The number of anilines is 1. The van der Waals surface area contributed by atoms with Gasteiger partial charge in [-0.3, -0.25) is 0 Å². The number of thioether (sulfide) groups is 1. The first-order chi connectivity index (χ1) is 21.1. The number of aliphatic imine (C=N–C) groups is 1. The van der Waals surface area contributed by atoms with Crippen LogP contribution >= 0.6 is 11.8 Å². The standard InChI is InChI=1S/C31H31F3N6O3S/c1-20(2)26-14-13-25(42-3)17-27(26)39-15-4-16-44-30(39)37-29(41)35-18-21-5-7-22(8-6-21)28-36-19-40(38-28)23-9-11-24(12-10-23)43-31(32,33)34/h5-14,17,19-20H,4,15-16,18H2,1-3H3,(H,35,41). The highest BCUT2D eigenvalue weighted by Gasteiger charge is 2.31. The van der Waals surface area contributed by atoms with Gasteiger partial charge >= 0.3 is 12.4 Å². The first-order valence-electron chi connectivity index (χ1n) is 13.9. The van der Waals surface area contributed by atoms with E-state index < -0.39 is 12.4 Å². The summed E-state index contributed by atoms with van der Waals surface area (Å²) in [7, 11) is 1.64. The van der Waals surface area contributed by atoms with Crippen LogP contribution in [0.5, 0.6) is 11.5 Å². The van der Waals surface area contributed by atoms with Crippen LogP contribution in [0.1, 0.15) is 37.3 Å². The van der Waals surface area contributed by atoms with E-state index in [1.54, 1.807) is 18.9 Å². The van der Waals surface area contributed by atoms with Crippen molar-refractivity contribution in [3.8, 4) is 28.6 Å². The van der Waals surface area contributed by atoms with Crippen molar-refractivity contribution in [2.75, 3.05) is 24.3 Å². The summed E-state index contributed by atoms with van der Waals surface area (Å²) in [5, 5.41) is 7.95. The first kappa shape index (κ1) is 30.9. The van der Waals surface area contributed by atoms with Gasteiger partial charge in [-0.1, -0.05) is 55.9 Å². The molecule has 1 aromatic heterocycles. The van der Waals surface area contributed by atoms with E-state index in [1.165, 1.54) is 35.3 Å². The van der Waals surface area contributed by atoms with Gasteiger partial charge in [0.25, 0.3) is 0 Å². The first-order valence-corrected chi connectivity index (χ1v) is 14.9. The van der Waals surface area contributed by atoms with Gasteiger partial charge in [0.1, 0.15) is 17.8 Å². The fraction of sp³-hybridized carbons (Fsp3) is 0.290. The summed E-state index contributed by atoms with van der Waals surface area (Å²) in [5.41, 5.74) is 4.29. The van der Waals surface area contributed by atoms with Gasteiger partial charge in [-0.2, -0.15) is 4.99 Å². The Morgan fingerprint density at radius 2 is 1.80 bits per heavy atom. The van der Waals surface area contributed by atoms with Crippen molar-refractivity contribution in [2.45, 2.75) is 39.1 Å². The Hall–Kier alpha value is -4.52. The molecule has 13 heteroatoms. The van der Waals surface area contributed by atoms with Crippen molar-refractivity contribution in [3.05, 3.63) is 84.2 Å². The van der Waals surface area contributed by atoms with Crippen molar-refractivity contribution in [1.29, 1.82) is 0 Å². The fourth-order valence-electron chi connectivity index (χ4n) is 4.64. The number of carbonyl (C=O) groups is 1. The second kappa shape index (κ2) is 13.4. The Kier molecular flexibility index (Phi) is 9.43. The van der Waals surface area contributed by atoms with Crippen LogP contribution < -0.4 is 19.7 Å². The van der Waals surface area contributed by atoms with Gasteiger partial charge in [0.05, 0.1) is 12.8 Å². The summed E-state index contributed by atoms with van der Waals surface area (Å²) in [5.74, 6) is 2.05. The number of aromatic nitrogens is 3. The predicted molar refractivity (Wildman–Crippen MR) is 165 cm³/mol. The molecule has 230 valence electrons. The number of nitrogens with zero attached hydrogens (tertiary/aromatic N) is 5. The number of nitrogens with one attached hydrogen (secondary N) is 1. The van der Waals surface area contributed by atoms with Crippen LogP contribution in [-0.4, -0.2) is 51.7 Å².